The smallest absolute Gasteiger partial charge is 0.0629 e. The third kappa shape index (κ3) is 3.08. The largest absolute Gasteiger partial charge is 0.0888 e. The Labute approximate surface area is 236 Å². The van der Waals surface area contributed by atoms with Crippen LogP contribution in [0.1, 0.15) is 5.48 Å². The Balaban J connectivity index is 1.27. The molecule has 0 nitrogen and oxygen atoms in total. The van der Waals surface area contributed by atoms with Crippen LogP contribution in [-0.4, -0.2) is 0 Å². The standard InChI is InChI=1S/C38H22S/c1-4-26-14-15-28-16-19-30(32-20-17-27(5-1)36(26)38(28)32)24-12-10-23(11-13-24)29-18-21-34-33(22-29)31-8-2-6-25-7-3-9-35(39-34)37(25)31/h1-22H/i10D,11D,12D,13D. The third-order valence-corrected chi connectivity index (χ3v) is 9.20. The lowest BCUT2D eigenvalue weighted by Crippen LogP contribution is -1.93. The number of fused-ring (bicyclic) bond motifs is 2. The zero-order chi connectivity index (χ0) is 29.0. The highest BCUT2D eigenvalue weighted by molar-refractivity contribution is 7.99. The van der Waals surface area contributed by atoms with Gasteiger partial charge in [-0.05, 0) is 89.3 Å². The summed E-state index contributed by atoms with van der Waals surface area (Å²) in [5.41, 5.74) is 4.26. The molecule has 0 amide bonds. The van der Waals surface area contributed by atoms with Gasteiger partial charge in [0.15, 0.2) is 0 Å². The van der Waals surface area contributed by atoms with Gasteiger partial charge in [0.1, 0.15) is 0 Å². The maximum absolute atomic E-state index is 9.18. The molecule has 0 unspecified atom stereocenters. The molecular formula is C38H22S. The van der Waals surface area contributed by atoms with Gasteiger partial charge in [-0.15, -0.1) is 0 Å². The van der Waals surface area contributed by atoms with Crippen LogP contribution in [0.3, 0.4) is 0 Å². The second kappa shape index (κ2) is 7.96. The maximum atomic E-state index is 9.18. The van der Waals surface area contributed by atoms with Crippen molar-refractivity contribution in [3.8, 4) is 33.4 Å². The van der Waals surface area contributed by atoms with E-state index in [1.807, 2.05) is 30.3 Å². The van der Waals surface area contributed by atoms with Gasteiger partial charge in [-0.25, -0.2) is 0 Å². The summed E-state index contributed by atoms with van der Waals surface area (Å²) in [5.74, 6) is 0. The van der Waals surface area contributed by atoms with Crippen molar-refractivity contribution in [2.75, 3.05) is 0 Å². The lowest BCUT2D eigenvalue weighted by molar-refractivity contribution is 1.39. The average molecular weight is 515 g/mol. The quantitative estimate of drug-likeness (QED) is 0.207. The molecule has 0 fully saturated rings. The van der Waals surface area contributed by atoms with Crippen LogP contribution in [0.15, 0.2) is 143 Å². The van der Waals surface area contributed by atoms with E-state index >= 15 is 0 Å². The summed E-state index contributed by atoms with van der Waals surface area (Å²) in [7, 11) is 0. The lowest BCUT2D eigenvalue weighted by atomic mass is 9.89. The Morgan fingerprint density at radius 1 is 0.410 bits per heavy atom. The molecule has 0 spiro atoms. The second-order valence-electron chi connectivity index (χ2n) is 10.2. The van der Waals surface area contributed by atoms with Crippen LogP contribution in [0.25, 0.3) is 76.5 Å². The monoisotopic (exact) mass is 514 g/mol. The molecule has 1 aliphatic rings. The molecular weight excluding hydrogens is 488 g/mol. The fraction of sp³-hybridized carbons (Fsp3) is 0. The van der Waals surface area contributed by atoms with Crippen LogP contribution in [0.5, 0.6) is 0 Å². The first-order valence-electron chi connectivity index (χ1n) is 15.1. The summed E-state index contributed by atoms with van der Waals surface area (Å²) >= 11 is 1.73. The van der Waals surface area contributed by atoms with E-state index in [-0.39, 0.29) is 24.2 Å². The normalized spacial score (nSPS) is 13.9. The highest BCUT2D eigenvalue weighted by Crippen LogP contribution is 2.49. The van der Waals surface area contributed by atoms with E-state index in [4.69, 9.17) is 2.74 Å². The zero-order valence-electron chi connectivity index (χ0n) is 24.8. The fourth-order valence-electron chi connectivity index (χ4n) is 6.26. The minimum Gasteiger partial charge on any atom is -0.0888 e. The van der Waals surface area contributed by atoms with E-state index < -0.39 is 0 Å². The molecule has 0 N–H and O–H groups in total. The van der Waals surface area contributed by atoms with Gasteiger partial charge in [0.25, 0.3) is 0 Å². The van der Waals surface area contributed by atoms with Crippen molar-refractivity contribution in [1.82, 2.24) is 0 Å². The fourth-order valence-corrected chi connectivity index (χ4v) is 7.39. The van der Waals surface area contributed by atoms with Crippen LogP contribution in [0.2, 0.25) is 0 Å². The topological polar surface area (TPSA) is 0 Å². The van der Waals surface area contributed by atoms with Crippen molar-refractivity contribution in [2.45, 2.75) is 9.79 Å². The molecule has 8 aromatic rings. The number of rotatable bonds is 2. The van der Waals surface area contributed by atoms with Crippen molar-refractivity contribution in [3.05, 3.63) is 133 Å². The van der Waals surface area contributed by atoms with Gasteiger partial charge in [-0.2, -0.15) is 0 Å². The van der Waals surface area contributed by atoms with Gasteiger partial charge in [0, 0.05) is 15.2 Å². The molecule has 1 heterocycles. The van der Waals surface area contributed by atoms with Crippen molar-refractivity contribution < 1.29 is 5.48 Å². The minimum absolute atomic E-state index is 0.0226. The SMILES string of the molecule is [2H]c1c([2H])c(-c2ccc3ccc4cccc5ccc2c3c45)c([2H])c([2H])c1-c1ccc2c(c1)-c1cccc3cccc(c13)S2. The zero-order valence-corrected chi connectivity index (χ0v) is 21.6. The molecule has 0 bridgehead atoms. The van der Waals surface area contributed by atoms with Gasteiger partial charge in [-0.3, -0.25) is 0 Å². The van der Waals surface area contributed by atoms with Crippen LogP contribution in [-0.2, 0) is 0 Å². The van der Waals surface area contributed by atoms with Crippen LogP contribution < -0.4 is 0 Å². The van der Waals surface area contributed by atoms with E-state index in [2.05, 4.69) is 78.9 Å². The first-order valence-corrected chi connectivity index (χ1v) is 13.9. The van der Waals surface area contributed by atoms with Gasteiger partial charge >= 0.3 is 0 Å². The predicted molar refractivity (Wildman–Crippen MR) is 168 cm³/mol. The summed E-state index contributed by atoms with van der Waals surface area (Å²) < 4.78 is 36.7. The van der Waals surface area contributed by atoms with E-state index in [9.17, 15) is 2.74 Å². The number of hydrogen-bond acceptors (Lipinski definition) is 1. The maximum Gasteiger partial charge on any atom is 0.0629 e. The molecule has 0 aliphatic carbocycles. The molecule has 0 atom stereocenters. The highest BCUT2D eigenvalue weighted by Gasteiger charge is 2.19. The summed E-state index contributed by atoms with van der Waals surface area (Å²) in [6.45, 7) is 0. The Morgan fingerprint density at radius 3 is 1.87 bits per heavy atom. The van der Waals surface area contributed by atoms with Gasteiger partial charge < -0.3 is 0 Å². The van der Waals surface area contributed by atoms with Crippen LogP contribution in [0, 0.1) is 0 Å². The molecule has 0 aromatic heterocycles. The lowest BCUT2D eigenvalue weighted by Gasteiger charge is -2.21. The van der Waals surface area contributed by atoms with Crippen molar-refractivity contribution in [3.63, 3.8) is 0 Å². The first-order chi connectivity index (χ1) is 21.0. The molecule has 180 valence electrons. The van der Waals surface area contributed by atoms with Crippen LogP contribution in [0.4, 0.5) is 0 Å². The second-order valence-corrected chi connectivity index (χ2v) is 11.3. The van der Waals surface area contributed by atoms with E-state index in [0.717, 1.165) is 53.9 Å². The molecule has 0 saturated heterocycles. The summed E-state index contributed by atoms with van der Waals surface area (Å²) in [4.78, 5) is 2.34. The first kappa shape index (κ1) is 17.8. The molecule has 1 aliphatic heterocycles. The molecule has 9 rings (SSSR count). The van der Waals surface area contributed by atoms with E-state index in [1.165, 1.54) is 15.7 Å². The minimum atomic E-state index is -0.0243. The molecule has 8 aromatic carbocycles. The van der Waals surface area contributed by atoms with Gasteiger partial charge in [0.2, 0.25) is 0 Å². The predicted octanol–water partition coefficient (Wildman–Crippen LogP) is 11.2. The average Bonchev–Trinajstić information content (AvgIpc) is 3.04. The van der Waals surface area contributed by atoms with Crippen LogP contribution >= 0.6 is 11.8 Å². The molecule has 0 saturated carbocycles. The van der Waals surface area contributed by atoms with Crippen molar-refractivity contribution in [1.29, 1.82) is 0 Å². The van der Waals surface area contributed by atoms with Gasteiger partial charge in [0.05, 0.1) is 5.48 Å². The highest BCUT2D eigenvalue weighted by atomic mass is 32.2. The Kier molecular flexibility index (Phi) is 3.64. The summed E-state index contributed by atoms with van der Waals surface area (Å²) in [5, 5.41) is 8.97. The van der Waals surface area contributed by atoms with E-state index in [0.29, 0.717) is 16.7 Å². The summed E-state index contributed by atoms with van der Waals surface area (Å²) in [6, 6.07) is 37.2. The Morgan fingerprint density at radius 2 is 1.05 bits per heavy atom. The molecule has 39 heavy (non-hydrogen) atoms. The van der Waals surface area contributed by atoms with Crippen molar-refractivity contribution >= 4 is 54.9 Å². The van der Waals surface area contributed by atoms with Gasteiger partial charge in [-0.1, -0.05) is 127 Å². The van der Waals surface area contributed by atoms with E-state index in [1.54, 1.807) is 11.8 Å². The Bertz CT molecular complexity index is 2430. The molecule has 0 radical (unpaired) electrons. The number of benzene rings is 8. The summed E-state index contributed by atoms with van der Waals surface area (Å²) in [6.07, 6.45) is 0. The number of hydrogen-bond donors (Lipinski definition) is 0. The molecule has 1 heteroatoms. The van der Waals surface area contributed by atoms with Crippen molar-refractivity contribution in [2.24, 2.45) is 0 Å². The third-order valence-electron chi connectivity index (χ3n) is 8.07. The Hall–Kier alpha value is -4.59.